The van der Waals surface area contributed by atoms with E-state index < -0.39 is 0 Å². The summed E-state index contributed by atoms with van der Waals surface area (Å²) in [4.78, 5) is 11.6. The molecule has 0 aliphatic rings. The molecule has 0 unspecified atom stereocenters. The summed E-state index contributed by atoms with van der Waals surface area (Å²) in [6.07, 6.45) is 3.23. The highest BCUT2D eigenvalue weighted by molar-refractivity contribution is 5.75. The van der Waals surface area contributed by atoms with Gasteiger partial charge >= 0.3 is 6.03 Å². The van der Waals surface area contributed by atoms with Gasteiger partial charge in [-0.2, -0.15) is 0 Å². The number of carbonyl (C=O) groups is 1. The Hall–Kier alpha value is -2.62. The molecule has 0 heterocycles. The predicted octanol–water partition coefficient (Wildman–Crippen LogP) is 3.60. The Morgan fingerprint density at radius 3 is 2.67 bits per heavy atom. The molecule has 0 saturated heterocycles. The summed E-state index contributed by atoms with van der Waals surface area (Å²) in [7, 11) is 0. The van der Waals surface area contributed by atoms with E-state index in [1.165, 1.54) is 18.3 Å². The van der Waals surface area contributed by atoms with E-state index in [1.807, 2.05) is 31.2 Å². The van der Waals surface area contributed by atoms with Crippen molar-refractivity contribution in [1.82, 2.24) is 10.6 Å². The summed E-state index contributed by atoms with van der Waals surface area (Å²) < 4.78 is 12.7. The molecule has 0 spiro atoms. The van der Waals surface area contributed by atoms with Crippen LogP contribution in [0.2, 0.25) is 0 Å². The second-order valence-electron chi connectivity index (χ2n) is 4.70. The monoisotopic (exact) mass is 284 g/mol. The number of amides is 2. The van der Waals surface area contributed by atoms with Crippen molar-refractivity contribution in [1.29, 1.82) is 0 Å². The third kappa shape index (κ3) is 5.10. The van der Waals surface area contributed by atoms with Crippen LogP contribution in [-0.4, -0.2) is 6.03 Å². The summed E-state index contributed by atoms with van der Waals surface area (Å²) in [5, 5.41) is 5.37. The van der Waals surface area contributed by atoms with Crippen molar-refractivity contribution >= 4 is 12.1 Å². The van der Waals surface area contributed by atoms with E-state index in [4.69, 9.17) is 0 Å². The van der Waals surface area contributed by atoms with Crippen LogP contribution in [0, 0.1) is 12.7 Å². The lowest BCUT2D eigenvalue weighted by atomic mass is 10.1. The van der Waals surface area contributed by atoms with Gasteiger partial charge in [0.1, 0.15) is 5.82 Å². The predicted molar refractivity (Wildman–Crippen MR) is 82.0 cm³/mol. The molecule has 0 aliphatic heterocycles. The lowest BCUT2D eigenvalue weighted by molar-refractivity contribution is 0.244. The van der Waals surface area contributed by atoms with Gasteiger partial charge in [0.2, 0.25) is 0 Å². The second-order valence-corrected chi connectivity index (χ2v) is 4.70. The van der Waals surface area contributed by atoms with Crippen LogP contribution in [0.5, 0.6) is 0 Å². The quantitative estimate of drug-likeness (QED) is 0.885. The first-order valence-electron chi connectivity index (χ1n) is 6.65. The number of hydrogen-bond donors (Lipinski definition) is 2. The van der Waals surface area contributed by atoms with Gasteiger partial charge in [0, 0.05) is 12.7 Å². The van der Waals surface area contributed by atoms with Gasteiger partial charge in [0.15, 0.2) is 0 Å². The molecule has 2 N–H and O–H groups in total. The van der Waals surface area contributed by atoms with Gasteiger partial charge in [-0.3, -0.25) is 0 Å². The van der Waals surface area contributed by atoms with Gasteiger partial charge in [-0.25, -0.2) is 9.18 Å². The molecular weight excluding hydrogens is 267 g/mol. The third-order valence-electron chi connectivity index (χ3n) is 2.90. The molecule has 0 radical (unpaired) electrons. The minimum atomic E-state index is -0.283. The number of benzene rings is 2. The molecule has 0 aliphatic carbocycles. The topological polar surface area (TPSA) is 41.1 Å². The van der Waals surface area contributed by atoms with Crippen LogP contribution in [0.15, 0.2) is 54.7 Å². The Morgan fingerprint density at radius 2 is 1.95 bits per heavy atom. The van der Waals surface area contributed by atoms with Crippen molar-refractivity contribution < 1.29 is 9.18 Å². The van der Waals surface area contributed by atoms with Gasteiger partial charge in [-0.05, 0) is 36.3 Å². The SMILES string of the molecule is Cc1cccc(CNC(=O)N/C=C/c2ccc(F)cc2)c1. The molecule has 2 aromatic carbocycles. The Kier molecular flexibility index (Phi) is 5.10. The molecule has 0 saturated carbocycles. The van der Waals surface area contributed by atoms with Crippen LogP contribution in [0.25, 0.3) is 6.08 Å². The number of urea groups is 1. The molecular formula is C17H17FN2O. The van der Waals surface area contributed by atoms with Crippen molar-refractivity contribution in [2.45, 2.75) is 13.5 Å². The zero-order valence-corrected chi connectivity index (χ0v) is 11.8. The fourth-order valence-corrected chi connectivity index (χ4v) is 1.84. The first-order chi connectivity index (χ1) is 10.1. The van der Waals surface area contributed by atoms with Crippen molar-refractivity contribution in [3.05, 3.63) is 77.2 Å². The van der Waals surface area contributed by atoms with Crippen molar-refractivity contribution in [3.8, 4) is 0 Å². The summed E-state index contributed by atoms with van der Waals surface area (Å²) in [6.45, 7) is 2.48. The minimum Gasteiger partial charge on any atom is -0.334 e. The second kappa shape index (κ2) is 7.24. The number of hydrogen-bond acceptors (Lipinski definition) is 1. The Labute approximate surface area is 123 Å². The minimum absolute atomic E-state index is 0.281. The zero-order valence-electron chi connectivity index (χ0n) is 11.8. The molecule has 108 valence electrons. The standard InChI is InChI=1S/C17H17FN2O/c1-13-3-2-4-15(11-13)12-20-17(21)19-10-9-14-5-7-16(18)8-6-14/h2-11H,12H2,1H3,(H2,19,20,21)/b10-9+. The maximum atomic E-state index is 12.7. The Bertz CT molecular complexity index is 635. The van der Waals surface area contributed by atoms with E-state index >= 15 is 0 Å². The molecule has 0 bridgehead atoms. The highest BCUT2D eigenvalue weighted by Crippen LogP contribution is 2.04. The highest BCUT2D eigenvalue weighted by Gasteiger charge is 1.98. The van der Waals surface area contributed by atoms with Crippen LogP contribution in [0.1, 0.15) is 16.7 Å². The average molecular weight is 284 g/mol. The molecule has 0 atom stereocenters. The van der Waals surface area contributed by atoms with E-state index in [0.29, 0.717) is 6.54 Å². The first kappa shape index (κ1) is 14.8. The van der Waals surface area contributed by atoms with Gasteiger partial charge < -0.3 is 10.6 Å². The van der Waals surface area contributed by atoms with Crippen LogP contribution in [0.4, 0.5) is 9.18 Å². The van der Waals surface area contributed by atoms with E-state index in [0.717, 1.165) is 16.7 Å². The van der Waals surface area contributed by atoms with Crippen molar-refractivity contribution in [3.63, 3.8) is 0 Å². The highest BCUT2D eigenvalue weighted by atomic mass is 19.1. The molecule has 0 fully saturated rings. The summed E-state index contributed by atoms with van der Waals surface area (Å²) >= 11 is 0. The lowest BCUT2D eigenvalue weighted by Crippen LogP contribution is -2.31. The van der Waals surface area contributed by atoms with E-state index in [2.05, 4.69) is 10.6 Å². The zero-order chi connectivity index (χ0) is 15.1. The summed E-state index contributed by atoms with van der Waals surface area (Å²) in [5.74, 6) is -0.281. The lowest BCUT2D eigenvalue weighted by Gasteiger charge is -2.05. The average Bonchev–Trinajstić information content (AvgIpc) is 2.47. The molecule has 2 aromatic rings. The fourth-order valence-electron chi connectivity index (χ4n) is 1.84. The van der Waals surface area contributed by atoms with Crippen LogP contribution < -0.4 is 10.6 Å². The maximum absolute atomic E-state index is 12.7. The van der Waals surface area contributed by atoms with Crippen LogP contribution in [-0.2, 0) is 6.54 Å². The van der Waals surface area contributed by atoms with Crippen molar-refractivity contribution in [2.24, 2.45) is 0 Å². The number of carbonyl (C=O) groups excluding carboxylic acids is 1. The van der Waals surface area contributed by atoms with Gasteiger partial charge in [0.05, 0.1) is 0 Å². The molecule has 0 aromatic heterocycles. The van der Waals surface area contributed by atoms with E-state index in [1.54, 1.807) is 18.2 Å². The number of aryl methyl sites for hydroxylation is 1. The fraction of sp³-hybridized carbons (Fsp3) is 0.118. The molecule has 4 heteroatoms. The normalized spacial score (nSPS) is 10.6. The Morgan fingerprint density at radius 1 is 1.19 bits per heavy atom. The van der Waals surface area contributed by atoms with Gasteiger partial charge in [-0.15, -0.1) is 0 Å². The molecule has 2 amide bonds. The van der Waals surface area contributed by atoms with Crippen LogP contribution >= 0.6 is 0 Å². The van der Waals surface area contributed by atoms with Crippen LogP contribution in [0.3, 0.4) is 0 Å². The first-order valence-corrected chi connectivity index (χ1v) is 6.65. The number of nitrogens with one attached hydrogen (secondary N) is 2. The number of halogens is 1. The molecule has 2 rings (SSSR count). The summed E-state index contributed by atoms with van der Waals surface area (Å²) in [6, 6.07) is 13.7. The van der Waals surface area contributed by atoms with E-state index in [-0.39, 0.29) is 11.8 Å². The van der Waals surface area contributed by atoms with E-state index in [9.17, 15) is 9.18 Å². The maximum Gasteiger partial charge on any atom is 0.319 e. The smallest absolute Gasteiger partial charge is 0.319 e. The molecule has 21 heavy (non-hydrogen) atoms. The van der Waals surface area contributed by atoms with Crippen molar-refractivity contribution in [2.75, 3.05) is 0 Å². The largest absolute Gasteiger partial charge is 0.334 e. The Balaban J connectivity index is 1.78. The summed E-state index contributed by atoms with van der Waals surface area (Å²) in [5.41, 5.74) is 3.02. The molecule has 3 nitrogen and oxygen atoms in total. The van der Waals surface area contributed by atoms with Gasteiger partial charge in [-0.1, -0.05) is 42.0 Å². The third-order valence-corrected chi connectivity index (χ3v) is 2.90. The van der Waals surface area contributed by atoms with Gasteiger partial charge in [0.25, 0.3) is 0 Å². The number of rotatable bonds is 4.